The number of urea groups is 1. The van der Waals surface area contributed by atoms with Gasteiger partial charge in [-0.1, -0.05) is 60.2 Å². The summed E-state index contributed by atoms with van der Waals surface area (Å²) in [5.74, 6) is -2.99. The Balaban J connectivity index is 1.75. The Morgan fingerprint density at radius 1 is 0.848 bits per heavy atom. The minimum absolute atomic E-state index is 0.192. The monoisotopic (exact) mass is 464 g/mol. The second kappa shape index (κ2) is 9.72. The lowest BCUT2D eigenvalue weighted by molar-refractivity contribution is -0.192. The number of allylic oxidation sites excluding steroid dienone is 6. The molecular formula is C24H24F4N2O3. The van der Waals surface area contributed by atoms with E-state index >= 15 is 0 Å². The van der Waals surface area contributed by atoms with Gasteiger partial charge in [0.1, 0.15) is 6.42 Å². The first-order chi connectivity index (χ1) is 15.5. The minimum atomic E-state index is -4.04. The largest absolute Gasteiger partial charge is 0.342 e. The van der Waals surface area contributed by atoms with Gasteiger partial charge >= 0.3 is 18.1 Å². The summed E-state index contributed by atoms with van der Waals surface area (Å²) in [6.45, 7) is 1.83. The van der Waals surface area contributed by atoms with Crippen molar-refractivity contribution in [2.24, 2.45) is 0 Å². The van der Waals surface area contributed by atoms with E-state index in [9.17, 15) is 31.9 Å². The Labute approximate surface area is 189 Å². The number of hydrogen-bond donors (Lipinski definition) is 0. The third kappa shape index (κ3) is 5.77. The Bertz CT molecular complexity index is 1010. The molecule has 4 amide bonds. The molecule has 0 aromatic heterocycles. The molecule has 1 heterocycles. The lowest BCUT2D eigenvalue weighted by Gasteiger charge is -2.39. The van der Waals surface area contributed by atoms with E-state index in [0.717, 1.165) is 5.56 Å². The number of rotatable bonds is 8. The van der Waals surface area contributed by atoms with Crippen molar-refractivity contribution in [1.29, 1.82) is 0 Å². The van der Waals surface area contributed by atoms with Crippen LogP contribution in [0.25, 0.3) is 0 Å². The van der Waals surface area contributed by atoms with Gasteiger partial charge in [0, 0.05) is 12.8 Å². The highest BCUT2D eigenvalue weighted by Gasteiger charge is 2.57. The Kier molecular flexibility index (Phi) is 7.19. The number of benzene rings is 1. The normalized spacial score (nSPS) is 17.5. The number of imide groups is 2. The summed E-state index contributed by atoms with van der Waals surface area (Å²) < 4.78 is 59.5. The highest BCUT2D eigenvalue weighted by molar-refractivity contribution is 6.14. The molecule has 0 saturated carbocycles. The second-order valence-corrected chi connectivity index (χ2v) is 8.04. The molecule has 0 radical (unpaired) electrons. The van der Waals surface area contributed by atoms with E-state index in [1.165, 1.54) is 0 Å². The molecule has 33 heavy (non-hydrogen) atoms. The maximum absolute atomic E-state index is 14.9. The molecule has 0 unspecified atom stereocenters. The maximum atomic E-state index is 14.9. The molecule has 1 fully saturated rings. The average Bonchev–Trinajstić information content (AvgIpc) is 3.00. The van der Waals surface area contributed by atoms with Gasteiger partial charge in [0.15, 0.2) is 0 Å². The van der Waals surface area contributed by atoms with Crippen molar-refractivity contribution in [1.82, 2.24) is 9.80 Å². The molecule has 176 valence electrons. The summed E-state index contributed by atoms with van der Waals surface area (Å²) >= 11 is 0. The highest BCUT2D eigenvalue weighted by atomic mass is 19.3. The van der Waals surface area contributed by atoms with Crippen molar-refractivity contribution >= 4 is 17.8 Å². The quantitative estimate of drug-likeness (QED) is 0.289. The molecular weight excluding hydrogens is 440 g/mol. The first kappa shape index (κ1) is 24.4. The minimum Gasteiger partial charge on any atom is -0.274 e. The standard InChI is InChI=1S/C24H24F4N2O3/c1-17-8-10-19(11-9-17)13-15-24(27,28)30-21(32)16-20(31)29(22(30)33)23(25,26)14-12-18-6-4-2-3-5-7-18/h2,4-11H,3,12-16H2,1H3. The third-order valence-electron chi connectivity index (χ3n) is 5.44. The number of nitrogens with zero attached hydrogens (tertiary/aromatic N) is 2. The summed E-state index contributed by atoms with van der Waals surface area (Å²) in [6.07, 6.45) is 5.66. The molecule has 1 saturated heterocycles. The summed E-state index contributed by atoms with van der Waals surface area (Å²) in [5.41, 5.74) is 2.00. The predicted molar refractivity (Wildman–Crippen MR) is 113 cm³/mol. The topological polar surface area (TPSA) is 57.7 Å². The van der Waals surface area contributed by atoms with E-state index in [-0.39, 0.29) is 12.8 Å². The number of halogens is 4. The fourth-order valence-electron chi connectivity index (χ4n) is 3.60. The molecule has 5 nitrogen and oxygen atoms in total. The van der Waals surface area contributed by atoms with Crippen LogP contribution in [0.3, 0.4) is 0 Å². The van der Waals surface area contributed by atoms with Crippen LogP contribution in [-0.2, 0) is 16.0 Å². The summed E-state index contributed by atoms with van der Waals surface area (Å²) in [5, 5.41) is 0. The molecule has 1 aliphatic heterocycles. The molecule has 1 aromatic rings. The molecule has 0 N–H and O–H groups in total. The molecule has 1 aromatic carbocycles. The van der Waals surface area contributed by atoms with Crippen LogP contribution >= 0.6 is 0 Å². The van der Waals surface area contributed by atoms with E-state index in [1.54, 1.807) is 48.6 Å². The fourth-order valence-corrected chi connectivity index (χ4v) is 3.60. The van der Waals surface area contributed by atoms with Crippen LogP contribution in [-0.4, -0.2) is 39.7 Å². The maximum Gasteiger partial charge on any atom is 0.342 e. The van der Waals surface area contributed by atoms with E-state index in [0.29, 0.717) is 17.6 Å². The van der Waals surface area contributed by atoms with Crippen LogP contribution in [0.15, 0.2) is 60.2 Å². The molecule has 3 rings (SSSR count). The number of carbonyl (C=O) groups is 3. The molecule has 2 aliphatic rings. The van der Waals surface area contributed by atoms with Crippen molar-refractivity contribution < 1.29 is 31.9 Å². The van der Waals surface area contributed by atoms with Gasteiger partial charge in [-0.25, -0.2) is 14.6 Å². The first-order valence-corrected chi connectivity index (χ1v) is 10.5. The predicted octanol–water partition coefficient (Wildman–Crippen LogP) is 5.52. The Morgan fingerprint density at radius 2 is 1.42 bits per heavy atom. The highest BCUT2D eigenvalue weighted by Crippen LogP contribution is 2.36. The molecule has 0 bridgehead atoms. The van der Waals surface area contributed by atoms with Crippen molar-refractivity contribution in [3.63, 3.8) is 0 Å². The number of alkyl halides is 4. The smallest absolute Gasteiger partial charge is 0.274 e. The summed E-state index contributed by atoms with van der Waals surface area (Å²) in [6, 6.07) is -3.38. The molecule has 0 atom stereocenters. The SMILES string of the molecule is Cc1ccc(CCC(F)(F)N2C(=O)CC(=O)N(C(F)(F)CCC3=CC=CCC=C3)C2=O)cc1. The Morgan fingerprint density at radius 3 is 2.03 bits per heavy atom. The number of barbiturate groups is 1. The van der Waals surface area contributed by atoms with E-state index in [4.69, 9.17) is 0 Å². The van der Waals surface area contributed by atoms with Gasteiger partial charge in [0.25, 0.3) is 0 Å². The zero-order valence-electron chi connectivity index (χ0n) is 18.1. The number of carbonyl (C=O) groups excluding carboxylic acids is 3. The Hall–Kier alpha value is -3.23. The van der Waals surface area contributed by atoms with E-state index < -0.39 is 59.0 Å². The van der Waals surface area contributed by atoms with Crippen LogP contribution in [0.4, 0.5) is 22.4 Å². The first-order valence-electron chi connectivity index (χ1n) is 10.5. The third-order valence-corrected chi connectivity index (χ3v) is 5.44. The second-order valence-electron chi connectivity index (χ2n) is 8.04. The van der Waals surface area contributed by atoms with E-state index in [1.807, 2.05) is 13.0 Å². The van der Waals surface area contributed by atoms with Gasteiger partial charge in [-0.15, -0.1) is 0 Å². The lowest BCUT2D eigenvalue weighted by atomic mass is 10.1. The van der Waals surface area contributed by atoms with Gasteiger partial charge < -0.3 is 0 Å². The van der Waals surface area contributed by atoms with Crippen molar-refractivity contribution in [2.45, 2.75) is 57.5 Å². The lowest BCUT2D eigenvalue weighted by Crippen LogP contribution is -2.65. The van der Waals surface area contributed by atoms with Gasteiger partial charge in [0.05, 0.1) is 0 Å². The van der Waals surface area contributed by atoms with Crippen LogP contribution in [0.1, 0.15) is 43.2 Å². The fraction of sp³-hybridized carbons (Fsp3) is 0.375. The zero-order valence-corrected chi connectivity index (χ0v) is 18.1. The molecule has 1 aliphatic carbocycles. The van der Waals surface area contributed by atoms with Gasteiger partial charge in [0.2, 0.25) is 11.8 Å². The molecule has 0 spiro atoms. The number of hydrogen-bond acceptors (Lipinski definition) is 3. The van der Waals surface area contributed by atoms with E-state index in [2.05, 4.69) is 0 Å². The van der Waals surface area contributed by atoms with Crippen molar-refractivity contribution in [2.75, 3.05) is 0 Å². The van der Waals surface area contributed by atoms with Crippen LogP contribution in [0, 0.1) is 6.92 Å². The van der Waals surface area contributed by atoms with Crippen LogP contribution in [0.2, 0.25) is 0 Å². The van der Waals surface area contributed by atoms with Crippen molar-refractivity contribution in [3.05, 3.63) is 71.3 Å². The summed E-state index contributed by atoms with van der Waals surface area (Å²) in [4.78, 5) is 35.9. The van der Waals surface area contributed by atoms with Gasteiger partial charge in [-0.3, -0.25) is 9.59 Å². The zero-order chi connectivity index (χ0) is 24.2. The number of aryl methyl sites for hydroxylation is 2. The van der Waals surface area contributed by atoms with Gasteiger partial charge in [-0.05, 0) is 37.3 Å². The van der Waals surface area contributed by atoms with Crippen LogP contribution < -0.4 is 0 Å². The summed E-state index contributed by atoms with van der Waals surface area (Å²) in [7, 11) is 0. The number of amides is 4. The van der Waals surface area contributed by atoms with Gasteiger partial charge in [-0.2, -0.15) is 17.6 Å². The van der Waals surface area contributed by atoms with Crippen LogP contribution in [0.5, 0.6) is 0 Å². The average molecular weight is 464 g/mol. The molecule has 9 heteroatoms. The van der Waals surface area contributed by atoms with Crippen molar-refractivity contribution in [3.8, 4) is 0 Å².